The molecule has 7 heteroatoms. The number of ether oxygens (including phenoxy) is 1. The van der Waals surface area contributed by atoms with Gasteiger partial charge in [-0.2, -0.15) is 5.10 Å². The van der Waals surface area contributed by atoms with Gasteiger partial charge in [0.25, 0.3) is 0 Å². The molecule has 0 bridgehead atoms. The number of nitrogens with zero attached hydrogens (tertiary/aromatic N) is 3. The number of aromatic nitrogens is 3. The van der Waals surface area contributed by atoms with E-state index in [0.717, 1.165) is 16.5 Å². The minimum absolute atomic E-state index is 0.264. The molecule has 0 amide bonds. The molecule has 114 valence electrons. The van der Waals surface area contributed by atoms with Gasteiger partial charge in [0.05, 0.1) is 23.7 Å². The zero-order valence-corrected chi connectivity index (χ0v) is 13.7. The quantitative estimate of drug-likeness (QED) is 0.860. The molecule has 2 heterocycles. The molecule has 0 spiro atoms. The highest BCUT2D eigenvalue weighted by molar-refractivity contribution is 7.13. The van der Waals surface area contributed by atoms with Crippen LogP contribution in [0.4, 0.5) is 10.8 Å². The number of aryl methyl sites for hydroxylation is 2. The molecule has 0 aromatic carbocycles. The topological polar surface area (TPSA) is 69.0 Å². The third-order valence-electron chi connectivity index (χ3n) is 3.19. The number of esters is 1. The van der Waals surface area contributed by atoms with Gasteiger partial charge in [0.1, 0.15) is 5.41 Å². The van der Waals surface area contributed by atoms with Gasteiger partial charge in [-0.15, -0.1) is 11.3 Å². The summed E-state index contributed by atoms with van der Waals surface area (Å²) in [6.45, 7) is 7.73. The summed E-state index contributed by atoms with van der Waals surface area (Å²) in [6, 6.07) is 0. The Hall–Kier alpha value is -1.89. The Bertz CT molecular complexity index is 645. The second-order valence-corrected chi connectivity index (χ2v) is 6.17. The van der Waals surface area contributed by atoms with E-state index in [2.05, 4.69) is 15.4 Å². The minimum Gasteiger partial charge on any atom is -0.465 e. The van der Waals surface area contributed by atoms with Gasteiger partial charge in [0.2, 0.25) is 0 Å². The van der Waals surface area contributed by atoms with Crippen molar-refractivity contribution in [1.29, 1.82) is 0 Å². The van der Waals surface area contributed by atoms with Crippen LogP contribution in [0.1, 0.15) is 32.2 Å². The maximum Gasteiger partial charge on any atom is 0.317 e. The fraction of sp³-hybridized carbons (Fsp3) is 0.500. The van der Waals surface area contributed by atoms with Crippen LogP contribution >= 0.6 is 11.3 Å². The molecule has 6 nitrogen and oxygen atoms in total. The molecule has 0 aliphatic rings. The minimum atomic E-state index is -0.754. The van der Waals surface area contributed by atoms with Crippen LogP contribution in [0.3, 0.4) is 0 Å². The van der Waals surface area contributed by atoms with E-state index in [1.54, 1.807) is 11.6 Å². The summed E-state index contributed by atoms with van der Waals surface area (Å²) in [5.41, 5.74) is 1.76. The summed E-state index contributed by atoms with van der Waals surface area (Å²) >= 11 is 1.46. The maximum atomic E-state index is 12.0. The normalized spacial score (nSPS) is 11.5. The largest absolute Gasteiger partial charge is 0.465 e. The van der Waals surface area contributed by atoms with Crippen molar-refractivity contribution in [3.8, 4) is 0 Å². The molecule has 2 aromatic rings. The van der Waals surface area contributed by atoms with Crippen LogP contribution in [0.15, 0.2) is 11.6 Å². The van der Waals surface area contributed by atoms with Crippen LogP contribution < -0.4 is 5.32 Å². The number of nitrogens with one attached hydrogen (secondary N) is 1. The van der Waals surface area contributed by atoms with E-state index in [1.807, 2.05) is 39.4 Å². The van der Waals surface area contributed by atoms with Crippen LogP contribution in [0.5, 0.6) is 0 Å². The summed E-state index contributed by atoms with van der Waals surface area (Å²) in [5.74, 6) is -0.264. The molecule has 0 aliphatic heterocycles. The molecule has 0 saturated heterocycles. The molecule has 2 rings (SSSR count). The first-order valence-electron chi connectivity index (χ1n) is 6.75. The molecule has 0 radical (unpaired) electrons. The molecular weight excluding hydrogens is 288 g/mol. The van der Waals surface area contributed by atoms with Gasteiger partial charge in [0.15, 0.2) is 5.13 Å². The van der Waals surface area contributed by atoms with Crippen molar-refractivity contribution in [2.24, 2.45) is 7.05 Å². The van der Waals surface area contributed by atoms with Gasteiger partial charge in [-0.05, 0) is 27.7 Å². The lowest BCUT2D eigenvalue weighted by molar-refractivity contribution is -0.148. The third-order valence-corrected chi connectivity index (χ3v) is 3.94. The van der Waals surface area contributed by atoms with Gasteiger partial charge in [-0.1, -0.05) is 0 Å². The van der Waals surface area contributed by atoms with E-state index >= 15 is 0 Å². The highest BCUT2D eigenvalue weighted by Gasteiger charge is 2.34. The van der Waals surface area contributed by atoms with Crippen LogP contribution in [0.25, 0.3) is 0 Å². The second kappa shape index (κ2) is 5.85. The molecule has 0 unspecified atom stereocenters. The van der Waals surface area contributed by atoms with Gasteiger partial charge in [-0.3, -0.25) is 9.48 Å². The van der Waals surface area contributed by atoms with E-state index in [9.17, 15) is 4.79 Å². The van der Waals surface area contributed by atoms with E-state index in [-0.39, 0.29) is 5.97 Å². The second-order valence-electron chi connectivity index (χ2n) is 5.31. The van der Waals surface area contributed by atoms with Gasteiger partial charge in [-0.25, -0.2) is 4.98 Å². The lowest BCUT2D eigenvalue weighted by Crippen LogP contribution is -2.31. The summed E-state index contributed by atoms with van der Waals surface area (Å²) in [5, 5.41) is 10.1. The van der Waals surface area contributed by atoms with Crippen molar-refractivity contribution in [3.63, 3.8) is 0 Å². The van der Waals surface area contributed by atoms with Crippen molar-refractivity contribution in [2.45, 2.75) is 33.1 Å². The van der Waals surface area contributed by atoms with E-state index < -0.39 is 5.41 Å². The molecule has 0 atom stereocenters. The number of hydrogen-bond donors (Lipinski definition) is 1. The monoisotopic (exact) mass is 308 g/mol. The highest BCUT2D eigenvalue weighted by Crippen LogP contribution is 2.30. The number of rotatable bonds is 5. The first-order valence-corrected chi connectivity index (χ1v) is 7.63. The van der Waals surface area contributed by atoms with Crippen molar-refractivity contribution in [2.75, 3.05) is 11.9 Å². The Morgan fingerprint density at radius 2 is 2.24 bits per heavy atom. The SMILES string of the molecule is CCOC(=O)C(C)(C)c1csc(Nc2cn(C)nc2C)n1. The van der Waals surface area contributed by atoms with Gasteiger partial charge >= 0.3 is 5.97 Å². The lowest BCUT2D eigenvalue weighted by Gasteiger charge is -2.19. The fourth-order valence-corrected chi connectivity index (χ4v) is 2.76. The van der Waals surface area contributed by atoms with E-state index in [4.69, 9.17) is 4.74 Å². The lowest BCUT2D eigenvalue weighted by atomic mass is 9.90. The molecule has 0 aliphatic carbocycles. The molecule has 21 heavy (non-hydrogen) atoms. The van der Waals surface area contributed by atoms with Gasteiger partial charge < -0.3 is 10.1 Å². The molecule has 0 saturated carbocycles. The predicted molar refractivity (Wildman–Crippen MR) is 83.0 cm³/mol. The van der Waals surface area contributed by atoms with Crippen molar-refractivity contribution in [1.82, 2.24) is 14.8 Å². The Labute approximate surface area is 128 Å². The number of carbonyl (C=O) groups is 1. The Kier molecular flexibility index (Phi) is 4.32. The number of carbonyl (C=O) groups excluding carboxylic acids is 1. The van der Waals surface area contributed by atoms with Gasteiger partial charge in [0, 0.05) is 18.6 Å². The Morgan fingerprint density at radius 1 is 1.52 bits per heavy atom. The third kappa shape index (κ3) is 3.24. The van der Waals surface area contributed by atoms with Crippen molar-refractivity contribution in [3.05, 3.63) is 23.0 Å². The fourth-order valence-electron chi connectivity index (χ4n) is 1.87. The number of anilines is 2. The van der Waals surface area contributed by atoms with Crippen molar-refractivity contribution < 1.29 is 9.53 Å². The highest BCUT2D eigenvalue weighted by atomic mass is 32.1. The van der Waals surface area contributed by atoms with Crippen LogP contribution in [0, 0.1) is 6.92 Å². The first kappa shape index (κ1) is 15.5. The summed E-state index contributed by atoms with van der Waals surface area (Å²) in [7, 11) is 1.87. The Morgan fingerprint density at radius 3 is 2.81 bits per heavy atom. The summed E-state index contributed by atoms with van der Waals surface area (Å²) < 4.78 is 6.85. The van der Waals surface area contributed by atoms with Crippen molar-refractivity contribution >= 4 is 28.1 Å². The predicted octanol–water partition coefficient (Wildman–Crippen LogP) is 2.77. The molecule has 0 fully saturated rings. The van der Waals surface area contributed by atoms with Crippen LogP contribution in [-0.4, -0.2) is 27.3 Å². The first-order chi connectivity index (χ1) is 9.84. The van der Waals surface area contributed by atoms with Crippen LogP contribution in [-0.2, 0) is 22.0 Å². The number of thiazole rings is 1. The van der Waals surface area contributed by atoms with E-state index in [0.29, 0.717) is 12.3 Å². The molecular formula is C14H20N4O2S. The average molecular weight is 308 g/mol. The zero-order chi connectivity index (χ0) is 15.6. The molecule has 1 N–H and O–H groups in total. The van der Waals surface area contributed by atoms with Crippen LogP contribution in [0.2, 0.25) is 0 Å². The number of hydrogen-bond acceptors (Lipinski definition) is 6. The Balaban J connectivity index is 2.18. The van der Waals surface area contributed by atoms with E-state index in [1.165, 1.54) is 11.3 Å². The standard InChI is InChI=1S/C14H20N4O2S/c1-6-20-12(19)14(3,4)11-8-21-13(16-11)15-10-7-18(5)17-9(10)2/h7-8H,6H2,1-5H3,(H,15,16). The smallest absolute Gasteiger partial charge is 0.317 e. The zero-order valence-electron chi connectivity index (χ0n) is 12.9. The average Bonchev–Trinajstić information content (AvgIpc) is 2.98. The summed E-state index contributed by atoms with van der Waals surface area (Å²) in [6.07, 6.45) is 1.90. The molecule has 2 aromatic heterocycles. The summed E-state index contributed by atoms with van der Waals surface area (Å²) in [4.78, 5) is 16.5. The maximum absolute atomic E-state index is 12.0.